The van der Waals surface area contributed by atoms with Crippen molar-refractivity contribution in [2.75, 3.05) is 26.4 Å². The van der Waals surface area contributed by atoms with Gasteiger partial charge in [0.1, 0.15) is 67.1 Å². The first-order chi connectivity index (χ1) is 37.4. The molecule has 0 radical (unpaired) electrons. The zero-order valence-electron chi connectivity index (χ0n) is 46.5. The summed E-state index contributed by atoms with van der Waals surface area (Å²) in [5.41, 5.74) is 0. The van der Waals surface area contributed by atoms with Crippen LogP contribution in [0.4, 0.5) is 0 Å². The van der Waals surface area contributed by atoms with Crippen LogP contribution in [0.5, 0.6) is 0 Å². The standard InChI is InChI=1S/C55H100N2O21/c1-4-6-8-10-12-14-16-17-19-20-22-24-26-28-37(62)36(57-42(65)29-27-25-23-21-18-15-13-11-9-7-5-2)34-73-52-47(69)46(68)49(41(33-60)75-52)76-53-48(70)51(45(67)40(32-59)74-53)78-55(54(71)72)30-38(63)43(56-35(3)61)50(77-55)44(66)39(64)31-58/h26,28,36-41,43-53,58-60,62-64,66-70H,4-25,27,29-34H2,1-3H3,(H,56,61)(H,57,65)(H,71,72)/b28-26-/t36-,37+,38-,39+,40+,41+,43+,44+,45-,46+,47+,48+,49+,50?,51-,52+,53-,55-/m0/s1. The number of aliphatic carboxylic acids is 1. The molecule has 3 aliphatic heterocycles. The van der Waals surface area contributed by atoms with Crippen molar-refractivity contribution in [1.82, 2.24) is 10.6 Å². The van der Waals surface area contributed by atoms with Crippen molar-refractivity contribution in [3.05, 3.63) is 12.2 Å². The van der Waals surface area contributed by atoms with Gasteiger partial charge in [0, 0.05) is 19.8 Å². The second kappa shape index (κ2) is 38.3. The van der Waals surface area contributed by atoms with Crippen molar-refractivity contribution >= 4 is 17.8 Å². The van der Waals surface area contributed by atoms with Crippen LogP contribution in [0.3, 0.4) is 0 Å². The number of allylic oxidation sites excluding steroid dienone is 1. The number of rotatable bonds is 41. The minimum absolute atomic E-state index is 0.203. The molecule has 23 nitrogen and oxygen atoms in total. The summed E-state index contributed by atoms with van der Waals surface area (Å²) in [7, 11) is 0. The highest BCUT2D eigenvalue weighted by Gasteiger charge is 2.60. The molecule has 1 unspecified atom stereocenters. The van der Waals surface area contributed by atoms with Crippen molar-refractivity contribution in [2.45, 2.75) is 291 Å². The molecule has 23 heteroatoms. The molecule has 14 N–H and O–H groups in total. The van der Waals surface area contributed by atoms with Gasteiger partial charge in [0.2, 0.25) is 11.8 Å². The van der Waals surface area contributed by atoms with E-state index < -0.39 is 155 Å². The Labute approximate surface area is 461 Å². The van der Waals surface area contributed by atoms with Gasteiger partial charge in [0.25, 0.3) is 5.79 Å². The number of carboxylic acid groups (broad SMARTS) is 1. The normalized spacial score (nSPS) is 31.2. The first-order valence-corrected chi connectivity index (χ1v) is 29.1. The summed E-state index contributed by atoms with van der Waals surface area (Å²) < 4.78 is 34.6. The number of nitrogens with one attached hydrogen (secondary N) is 2. The van der Waals surface area contributed by atoms with Gasteiger partial charge in [0.05, 0.1) is 50.7 Å². The van der Waals surface area contributed by atoms with Crippen LogP contribution in [0.1, 0.15) is 181 Å². The molecule has 3 heterocycles. The number of carboxylic acids is 1. The van der Waals surface area contributed by atoms with Gasteiger partial charge in [-0.15, -0.1) is 0 Å². The molecule has 0 aliphatic carbocycles. The second-order valence-electron chi connectivity index (χ2n) is 21.5. The van der Waals surface area contributed by atoms with Gasteiger partial charge in [-0.3, -0.25) is 9.59 Å². The van der Waals surface area contributed by atoms with Crippen LogP contribution < -0.4 is 10.6 Å². The highest BCUT2D eigenvalue weighted by atomic mass is 16.8. The van der Waals surface area contributed by atoms with Gasteiger partial charge < -0.3 is 100 Å². The maximum Gasteiger partial charge on any atom is 0.364 e. The van der Waals surface area contributed by atoms with E-state index in [-0.39, 0.29) is 12.3 Å². The van der Waals surface area contributed by atoms with Crippen molar-refractivity contribution in [2.24, 2.45) is 0 Å². The monoisotopic (exact) mass is 1120 g/mol. The predicted octanol–water partition coefficient (Wildman–Crippen LogP) is 1.61. The summed E-state index contributed by atoms with van der Waals surface area (Å²) in [6.45, 7) is 2.06. The molecule has 3 rings (SSSR count). The number of aliphatic hydroxyl groups is 11. The van der Waals surface area contributed by atoms with E-state index in [1.165, 1.54) is 89.9 Å². The molecule has 3 saturated heterocycles. The van der Waals surface area contributed by atoms with Crippen LogP contribution in [0.25, 0.3) is 0 Å². The molecule has 0 aromatic heterocycles. The average Bonchev–Trinajstić information content (AvgIpc) is 3.49. The summed E-state index contributed by atoms with van der Waals surface area (Å²) in [5, 5.41) is 135. The molecule has 2 amide bonds. The number of carbonyl (C=O) groups excluding carboxylic acids is 2. The van der Waals surface area contributed by atoms with Crippen molar-refractivity contribution < 1.29 is 104 Å². The van der Waals surface area contributed by atoms with E-state index in [2.05, 4.69) is 24.5 Å². The van der Waals surface area contributed by atoms with Crippen LogP contribution in [0, 0.1) is 0 Å². The molecular formula is C55H100N2O21. The summed E-state index contributed by atoms with van der Waals surface area (Å²) in [4.78, 5) is 38.3. The second-order valence-corrected chi connectivity index (χ2v) is 21.5. The molecular weight excluding hydrogens is 1020 g/mol. The largest absolute Gasteiger partial charge is 0.477 e. The van der Waals surface area contributed by atoms with Gasteiger partial charge in [-0.1, -0.05) is 154 Å². The van der Waals surface area contributed by atoms with Gasteiger partial charge in [-0.05, 0) is 19.3 Å². The third-order valence-electron chi connectivity index (χ3n) is 15.0. The minimum atomic E-state index is -3.08. The van der Waals surface area contributed by atoms with Crippen LogP contribution >= 0.6 is 0 Å². The number of hydrogen-bond acceptors (Lipinski definition) is 20. The van der Waals surface area contributed by atoms with Crippen molar-refractivity contribution in [3.63, 3.8) is 0 Å². The van der Waals surface area contributed by atoms with E-state index in [1.807, 2.05) is 6.08 Å². The molecule has 0 aromatic carbocycles. The topological polar surface area (TPSA) is 373 Å². The fourth-order valence-corrected chi connectivity index (χ4v) is 10.2. The van der Waals surface area contributed by atoms with Crippen molar-refractivity contribution in [3.8, 4) is 0 Å². The van der Waals surface area contributed by atoms with E-state index in [4.69, 9.17) is 28.4 Å². The van der Waals surface area contributed by atoms with Gasteiger partial charge in [-0.2, -0.15) is 0 Å². The lowest BCUT2D eigenvalue weighted by Gasteiger charge is -2.50. The molecule has 78 heavy (non-hydrogen) atoms. The Balaban J connectivity index is 1.70. The molecule has 0 aromatic rings. The lowest BCUT2D eigenvalue weighted by Crippen LogP contribution is -2.70. The highest BCUT2D eigenvalue weighted by molar-refractivity contribution is 5.77. The zero-order chi connectivity index (χ0) is 57.6. The summed E-state index contributed by atoms with van der Waals surface area (Å²) in [5.74, 6) is -6.14. The Kier molecular flexibility index (Phi) is 34.2. The quantitative estimate of drug-likeness (QED) is 0.0305. The van der Waals surface area contributed by atoms with Gasteiger partial charge in [0.15, 0.2) is 12.6 Å². The lowest BCUT2D eigenvalue weighted by atomic mass is 9.88. The number of carbonyl (C=O) groups is 3. The number of ether oxygens (including phenoxy) is 6. The lowest BCUT2D eigenvalue weighted by molar-refractivity contribution is -0.386. The Bertz CT molecular complexity index is 1670. The number of amides is 2. The first-order valence-electron chi connectivity index (χ1n) is 29.1. The number of aliphatic hydroxyl groups excluding tert-OH is 11. The fraction of sp³-hybridized carbons (Fsp3) is 0.909. The van der Waals surface area contributed by atoms with Gasteiger partial charge in [-0.25, -0.2) is 4.79 Å². The number of hydrogen-bond donors (Lipinski definition) is 14. The van der Waals surface area contributed by atoms with E-state index in [1.54, 1.807) is 6.08 Å². The van der Waals surface area contributed by atoms with E-state index >= 15 is 0 Å². The van der Waals surface area contributed by atoms with E-state index in [9.17, 15) is 75.7 Å². The number of unbranched alkanes of at least 4 members (excludes halogenated alkanes) is 21. The summed E-state index contributed by atoms with van der Waals surface area (Å²) >= 11 is 0. The highest BCUT2D eigenvalue weighted by Crippen LogP contribution is 2.38. The Hall–Kier alpha value is -2.53. The zero-order valence-corrected chi connectivity index (χ0v) is 46.5. The summed E-state index contributed by atoms with van der Waals surface area (Å²) in [6, 6.07) is -2.61. The smallest absolute Gasteiger partial charge is 0.364 e. The SMILES string of the molecule is CCCCCCCCCCCCC/C=C\[C@@H](O)[C@H](CO[C@@H]1O[C@H](CO)[C@@H](O[C@@H]2O[C@H](CO)[C@H](O)[C@H](O[C@]3(C(=O)O)C[C@H](O)[C@@H](NC(C)=O)C([C@H](O)[C@H](O)CO)O3)[C@H]2O)[C@H](O)[C@H]1O)NC(=O)CCCCCCCCCCCCC. The third kappa shape index (κ3) is 23.0. The average molecular weight is 1130 g/mol. The molecule has 0 spiro atoms. The van der Waals surface area contributed by atoms with Crippen LogP contribution in [-0.4, -0.2) is 215 Å². The summed E-state index contributed by atoms with van der Waals surface area (Å²) in [6.07, 6.45) is 0.127. The third-order valence-corrected chi connectivity index (χ3v) is 15.0. The van der Waals surface area contributed by atoms with E-state index in [0.717, 1.165) is 51.9 Å². The van der Waals surface area contributed by atoms with E-state index in [0.29, 0.717) is 12.8 Å². The molecule has 0 saturated carbocycles. The van der Waals surface area contributed by atoms with Crippen LogP contribution in [-0.2, 0) is 42.8 Å². The molecule has 456 valence electrons. The van der Waals surface area contributed by atoms with Gasteiger partial charge >= 0.3 is 5.97 Å². The molecule has 3 fully saturated rings. The molecule has 3 aliphatic rings. The maximum atomic E-state index is 13.3. The molecule has 0 bridgehead atoms. The van der Waals surface area contributed by atoms with Crippen LogP contribution in [0.2, 0.25) is 0 Å². The Morgan fingerprint density at radius 2 is 1.19 bits per heavy atom. The Morgan fingerprint density at radius 1 is 0.667 bits per heavy atom. The fourth-order valence-electron chi connectivity index (χ4n) is 10.2. The maximum absolute atomic E-state index is 13.3. The first kappa shape index (κ1) is 69.7. The van der Waals surface area contributed by atoms with Crippen molar-refractivity contribution in [1.29, 1.82) is 0 Å². The predicted molar refractivity (Wildman–Crippen MR) is 283 cm³/mol. The molecule has 18 atom stereocenters. The minimum Gasteiger partial charge on any atom is -0.477 e. The van der Waals surface area contributed by atoms with Crippen LogP contribution in [0.15, 0.2) is 12.2 Å². The Morgan fingerprint density at radius 3 is 1.71 bits per heavy atom.